The minimum atomic E-state index is -0.865. The van der Waals surface area contributed by atoms with Gasteiger partial charge in [-0.15, -0.1) is 0 Å². The van der Waals surface area contributed by atoms with Crippen LogP contribution in [-0.2, 0) is 4.79 Å². The molecule has 0 aromatic carbocycles. The molecule has 7 heteroatoms. The Morgan fingerprint density at radius 2 is 1.81 bits per heavy atom. The van der Waals surface area contributed by atoms with Crippen LogP contribution in [0.15, 0.2) is 0 Å². The van der Waals surface area contributed by atoms with E-state index in [0.29, 0.717) is 19.4 Å². The van der Waals surface area contributed by atoms with Crippen molar-refractivity contribution >= 4 is 12.0 Å². The molecule has 2 amide bonds. The Hall–Kier alpha value is -1.34. The van der Waals surface area contributed by atoms with Crippen LogP contribution in [0.1, 0.15) is 26.7 Å². The van der Waals surface area contributed by atoms with E-state index in [0.717, 1.165) is 32.7 Å². The largest absolute Gasteiger partial charge is 0.481 e. The third-order valence-corrected chi connectivity index (χ3v) is 4.32. The SMILES string of the molecule is CCC(CC)(CNC(=O)NCCN1CCNCC1)C(=O)O. The summed E-state index contributed by atoms with van der Waals surface area (Å²) < 4.78 is 0. The molecule has 0 aromatic rings. The van der Waals surface area contributed by atoms with Crippen molar-refractivity contribution in [3.8, 4) is 0 Å². The lowest BCUT2D eigenvalue weighted by molar-refractivity contribution is -0.149. The molecular formula is C14H28N4O3. The van der Waals surface area contributed by atoms with Crippen molar-refractivity contribution in [2.75, 3.05) is 45.8 Å². The summed E-state index contributed by atoms with van der Waals surface area (Å²) in [5.74, 6) is -0.853. The van der Waals surface area contributed by atoms with Gasteiger partial charge in [0.1, 0.15) is 0 Å². The van der Waals surface area contributed by atoms with Gasteiger partial charge in [-0.05, 0) is 12.8 Å². The minimum absolute atomic E-state index is 0.162. The number of piperazine rings is 1. The predicted octanol–water partition coefficient (Wildman–Crippen LogP) is 0.0818. The molecule has 1 fully saturated rings. The normalized spacial score (nSPS) is 16.5. The second kappa shape index (κ2) is 8.84. The van der Waals surface area contributed by atoms with E-state index in [-0.39, 0.29) is 12.6 Å². The van der Waals surface area contributed by atoms with Crippen LogP contribution in [0.5, 0.6) is 0 Å². The van der Waals surface area contributed by atoms with E-state index < -0.39 is 11.4 Å². The Balaban J connectivity index is 2.24. The Morgan fingerprint density at radius 1 is 1.19 bits per heavy atom. The Morgan fingerprint density at radius 3 is 2.33 bits per heavy atom. The standard InChI is InChI=1S/C14H28N4O3/c1-3-14(4-2,12(19)20)11-17-13(21)16-7-10-18-8-5-15-6-9-18/h15H,3-11H2,1-2H3,(H,19,20)(H2,16,17,21). The molecule has 21 heavy (non-hydrogen) atoms. The van der Waals surface area contributed by atoms with Crippen molar-refractivity contribution in [1.29, 1.82) is 0 Å². The smallest absolute Gasteiger partial charge is 0.314 e. The van der Waals surface area contributed by atoms with Gasteiger partial charge in [0.2, 0.25) is 0 Å². The van der Waals surface area contributed by atoms with Crippen molar-refractivity contribution in [3.63, 3.8) is 0 Å². The maximum atomic E-state index is 11.7. The van der Waals surface area contributed by atoms with Gasteiger partial charge in [0.25, 0.3) is 0 Å². The molecule has 0 radical (unpaired) electrons. The zero-order valence-corrected chi connectivity index (χ0v) is 13.1. The van der Waals surface area contributed by atoms with E-state index in [1.165, 1.54) is 0 Å². The van der Waals surface area contributed by atoms with Crippen LogP contribution in [-0.4, -0.2) is 67.8 Å². The lowest BCUT2D eigenvalue weighted by atomic mass is 9.82. The van der Waals surface area contributed by atoms with Gasteiger partial charge in [-0.1, -0.05) is 13.8 Å². The van der Waals surface area contributed by atoms with Gasteiger partial charge >= 0.3 is 12.0 Å². The van der Waals surface area contributed by atoms with Crippen molar-refractivity contribution < 1.29 is 14.7 Å². The number of carboxylic acids is 1. The molecule has 1 saturated heterocycles. The summed E-state index contributed by atoms with van der Waals surface area (Å²) in [4.78, 5) is 25.4. The molecule has 1 heterocycles. The third kappa shape index (κ3) is 5.51. The number of aliphatic carboxylic acids is 1. The lowest BCUT2D eigenvalue weighted by Crippen LogP contribution is -2.49. The summed E-state index contributed by atoms with van der Waals surface area (Å²) in [6, 6.07) is -0.294. The number of hydrogen-bond donors (Lipinski definition) is 4. The van der Waals surface area contributed by atoms with Crippen LogP contribution in [0, 0.1) is 5.41 Å². The summed E-state index contributed by atoms with van der Waals surface area (Å²) in [5, 5.41) is 18.0. The second-order valence-corrected chi connectivity index (χ2v) is 5.49. The molecule has 0 spiro atoms. The first-order chi connectivity index (χ1) is 10.0. The fourth-order valence-electron chi connectivity index (χ4n) is 2.45. The van der Waals surface area contributed by atoms with Crippen LogP contribution in [0.4, 0.5) is 4.79 Å². The molecule has 0 unspecified atom stereocenters. The van der Waals surface area contributed by atoms with Crippen LogP contribution in [0.2, 0.25) is 0 Å². The lowest BCUT2D eigenvalue weighted by Gasteiger charge is -2.28. The summed E-state index contributed by atoms with van der Waals surface area (Å²) in [5.41, 5.74) is -0.865. The Bertz CT molecular complexity index is 339. The van der Waals surface area contributed by atoms with Gasteiger partial charge in [-0.3, -0.25) is 9.69 Å². The van der Waals surface area contributed by atoms with E-state index in [4.69, 9.17) is 0 Å². The zero-order chi connectivity index (χ0) is 15.7. The number of urea groups is 1. The van der Waals surface area contributed by atoms with Crippen LogP contribution in [0.25, 0.3) is 0 Å². The van der Waals surface area contributed by atoms with Gasteiger partial charge in [-0.2, -0.15) is 0 Å². The number of hydrogen-bond acceptors (Lipinski definition) is 4. The average Bonchev–Trinajstić information content (AvgIpc) is 2.49. The summed E-state index contributed by atoms with van der Waals surface area (Å²) in [6.45, 7) is 9.19. The van der Waals surface area contributed by atoms with E-state index in [1.54, 1.807) is 0 Å². The molecule has 1 rings (SSSR count). The summed E-state index contributed by atoms with van der Waals surface area (Å²) >= 11 is 0. The monoisotopic (exact) mass is 300 g/mol. The number of amides is 2. The molecule has 1 aliphatic rings. The van der Waals surface area contributed by atoms with E-state index >= 15 is 0 Å². The number of nitrogens with zero attached hydrogens (tertiary/aromatic N) is 1. The highest BCUT2D eigenvalue weighted by molar-refractivity contribution is 5.78. The first-order valence-electron chi connectivity index (χ1n) is 7.72. The quantitative estimate of drug-likeness (QED) is 0.509. The minimum Gasteiger partial charge on any atom is -0.481 e. The third-order valence-electron chi connectivity index (χ3n) is 4.32. The second-order valence-electron chi connectivity index (χ2n) is 5.49. The molecule has 0 atom stereocenters. The highest BCUT2D eigenvalue weighted by Gasteiger charge is 2.35. The Labute approximate surface area is 126 Å². The Kier molecular flexibility index (Phi) is 7.45. The molecule has 0 saturated carbocycles. The van der Waals surface area contributed by atoms with Crippen molar-refractivity contribution in [2.45, 2.75) is 26.7 Å². The molecule has 7 nitrogen and oxygen atoms in total. The molecule has 0 bridgehead atoms. The fraction of sp³-hybridized carbons (Fsp3) is 0.857. The molecule has 4 N–H and O–H groups in total. The van der Waals surface area contributed by atoms with Crippen molar-refractivity contribution in [2.24, 2.45) is 5.41 Å². The number of carbonyl (C=O) groups excluding carboxylic acids is 1. The number of carbonyl (C=O) groups is 2. The van der Waals surface area contributed by atoms with Crippen LogP contribution >= 0.6 is 0 Å². The van der Waals surface area contributed by atoms with E-state index in [1.807, 2.05) is 13.8 Å². The first kappa shape index (κ1) is 17.7. The highest BCUT2D eigenvalue weighted by Crippen LogP contribution is 2.25. The van der Waals surface area contributed by atoms with Crippen molar-refractivity contribution in [1.82, 2.24) is 20.9 Å². The maximum absolute atomic E-state index is 11.7. The first-order valence-corrected chi connectivity index (χ1v) is 7.72. The topological polar surface area (TPSA) is 93.7 Å². The summed E-state index contributed by atoms with van der Waals surface area (Å²) in [7, 11) is 0. The van der Waals surface area contributed by atoms with Crippen molar-refractivity contribution in [3.05, 3.63) is 0 Å². The molecular weight excluding hydrogens is 272 g/mol. The molecule has 122 valence electrons. The average molecular weight is 300 g/mol. The van der Waals surface area contributed by atoms with E-state index in [9.17, 15) is 14.7 Å². The van der Waals surface area contributed by atoms with E-state index in [2.05, 4.69) is 20.9 Å². The number of nitrogens with one attached hydrogen (secondary N) is 3. The van der Waals surface area contributed by atoms with Crippen LogP contribution < -0.4 is 16.0 Å². The van der Waals surface area contributed by atoms with Gasteiger partial charge < -0.3 is 21.1 Å². The zero-order valence-electron chi connectivity index (χ0n) is 13.1. The number of rotatable bonds is 8. The molecule has 0 aromatic heterocycles. The van der Waals surface area contributed by atoms with Gasteiger partial charge in [0, 0.05) is 45.8 Å². The van der Waals surface area contributed by atoms with Gasteiger partial charge in [-0.25, -0.2) is 4.79 Å². The van der Waals surface area contributed by atoms with Gasteiger partial charge in [0.05, 0.1) is 5.41 Å². The molecule has 1 aliphatic heterocycles. The van der Waals surface area contributed by atoms with Crippen LogP contribution in [0.3, 0.4) is 0 Å². The molecule has 0 aliphatic carbocycles. The maximum Gasteiger partial charge on any atom is 0.314 e. The predicted molar refractivity (Wildman–Crippen MR) is 81.4 cm³/mol. The van der Waals surface area contributed by atoms with Gasteiger partial charge in [0.15, 0.2) is 0 Å². The summed E-state index contributed by atoms with van der Waals surface area (Å²) in [6.07, 6.45) is 1.000. The highest BCUT2D eigenvalue weighted by atomic mass is 16.4. The number of carboxylic acid groups (broad SMARTS) is 1. The fourth-order valence-corrected chi connectivity index (χ4v) is 2.45.